The lowest BCUT2D eigenvalue weighted by molar-refractivity contribution is -0.118. The fourth-order valence-electron chi connectivity index (χ4n) is 1.30. The zero-order valence-corrected chi connectivity index (χ0v) is 11.0. The SMILES string of the molecule is C=CCNC(=O)CSc1n[nH]c(-c2ccccn2)n1. The highest BCUT2D eigenvalue weighted by molar-refractivity contribution is 7.99. The first kappa shape index (κ1) is 13.3. The van der Waals surface area contributed by atoms with Gasteiger partial charge in [-0.25, -0.2) is 0 Å². The number of nitrogens with one attached hydrogen (secondary N) is 2. The highest BCUT2D eigenvalue weighted by Crippen LogP contribution is 2.16. The molecule has 6 nitrogen and oxygen atoms in total. The molecule has 0 aliphatic carbocycles. The van der Waals surface area contributed by atoms with Crippen molar-refractivity contribution in [3.63, 3.8) is 0 Å². The number of aromatic amines is 1. The molecule has 2 rings (SSSR count). The van der Waals surface area contributed by atoms with Crippen molar-refractivity contribution in [3.05, 3.63) is 37.1 Å². The van der Waals surface area contributed by atoms with Gasteiger partial charge >= 0.3 is 0 Å². The number of thioether (sulfide) groups is 1. The molecule has 2 N–H and O–H groups in total. The normalized spacial score (nSPS) is 10.1. The van der Waals surface area contributed by atoms with Gasteiger partial charge in [-0.15, -0.1) is 11.7 Å². The van der Waals surface area contributed by atoms with E-state index in [0.717, 1.165) is 5.69 Å². The van der Waals surface area contributed by atoms with E-state index in [9.17, 15) is 4.79 Å². The summed E-state index contributed by atoms with van der Waals surface area (Å²) in [6, 6.07) is 5.55. The molecule has 2 heterocycles. The molecule has 7 heteroatoms. The van der Waals surface area contributed by atoms with E-state index in [2.05, 4.69) is 32.1 Å². The number of hydrogen-bond acceptors (Lipinski definition) is 5. The Hall–Kier alpha value is -2.15. The van der Waals surface area contributed by atoms with Crippen LogP contribution in [0.2, 0.25) is 0 Å². The molecule has 0 aliphatic rings. The number of amides is 1. The van der Waals surface area contributed by atoms with Crippen LogP contribution in [0.15, 0.2) is 42.2 Å². The van der Waals surface area contributed by atoms with Crippen molar-refractivity contribution in [2.75, 3.05) is 12.3 Å². The van der Waals surface area contributed by atoms with Gasteiger partial charge in [-0.2, -0.15) is 4.98 Å². The first-order chi connectivity index (χ1) is 9.29. The predicted octanol–water partition coefficient (Wildman–Crippen LogP) is 1.26. The van der Waals surface area contributed by atoms with Gasteiger partial charge in [0.05, 0.1) is 5.75 Å². The van der Waals surface area contributed by atoms with Gasteiger partial charge in [-0.05, 0) is 12.1 Å². The van der Waals surface area contributed by atoms with Crippen LogP contribution in [0.1, 0.15) is 0 Å². The quantitative estimate of drug-likeness (QED) is 0.612. The van der Waals surface area contributed by atoms with Gasteiger partial charge in [0.2, 0.25) is 11.1 Å². The summed E-state index contributed by atoms with van der Waals surface area (Å²) in [6.45, 7) is 3.99. The molecule has 0 radical (unpaired) electrons. The second-order valence-corrected chi connectivity index (χ2v) is 4.51. The van der Waals surface area contributed by atoms with Crippen LogP contribution in [0.25, 0.3) is 11.5 Å². The third kappa shape index (κ3) is 3.92. The van der Waals surface area contributed by atoms with Gasteiger partial charge in [0.15, 0.2) is 5.82 Å². The minimum atomic E-state index is -0.0749. The number of hydrogen-bond donors (Lipinski definition) is 2. The fraction of sp³-hybridized carbons (Fsp3) is 0.167. The van der Waals surface area contributed by atoms with Gasteiger partial charge < -0.3 is 5.32 Å². The van der Waals surface area contributed by atoms with Crippen molar-refractivity contribution >= 4 is 17.7 Å². The second-order valence-electron chi connectivity index (χ2n) is 3.56. The molecule has 0 aromatic carbocycles. The smallest absolute Gasteiger partial charge is 0.230 e. The van der Waals surface area contributed by atoms with Gasteiger partial charge in [-0.1, -0.05) is 23.9 Å². The molecule has 1 amide bonds. The summed E-state index contributed by atoms with van der Waals surface area (Å²) in [5.74, 6) is 0.788. The monoisotopic (exact) mass is 275 g/mol. The molecule has 19 heavy (non-hydrogen) atoms. The van der Waals surface area contributed by atoms with Gasteiger partial charge in [0.1, 0.15) is 5.69 Å². The lowest BCUT2D eigenvalue weighted by Gasteiger charge is -1.98. The molecular formula is C12H13N5OS. The highest BCUT2D eigenvalue weighted by Gasteiger charge is 2.08. The summed E-state index contributed by atoms with van der Waals surface area (Å²) in [6.07, 6.45) is 3.32. The van der Waals surface area contributed by atoms with Crippen molar-refractivity contribution in [2.45, 2.75) is 5.16 Å². The number of aromatic nitrogens is 4. The second kappa shape index (κ2) is 6.69. The molecule has 0 atom stereocenters. The van der Waals surface area contributed by atoms with Crippen molar-refractivity contribution in [2.24, 2.45) is 0 Å². The molecule has 0 aliphatic heterocycles. The van der Waals surface area contributed by atoms with Crippen molar-refractivity contribution in [3.8, 4) is 11.5 Å². The Balaban J connectivity index is 1.91. The van der Waals surface area contributed by atoms with Crippen LogP contribution in [0.3, 0.4) is 0 Å². The number of carbonyl (C=O) groups is 1. The molecule has 0 saturated heterocycles. The van der Waals surface area contributed by atoms with E-state index in [1.807, 2.05) is 18.2 Å². The summed E-state index contributed by atoms with van der Waals surface area (Å²) in [4.78, 5) is 19.8. The third-order valence-corrected chi connectivity index (χ3v) is 3.00. The Morgan fingerprint density at radius 1 is 1.53 bits per heavy atom. The number of H-pyrrole nitrogens is 1. The Bertz CT molecular complexity index is 554. The zero-order chi connectivity index (χ0) is 13.5. The van der Waals surface area contributed by atoms with E-state index in [4.69, 9.17) is 0 Å². The average molecular weight is 275 g/mol. The van der Waals surface area contributed by atoms with Crippen LogP contribution >= 0.6 is 11.8 Å². The largest absolute Gasteiger partial charge is 0.352 e. The fourth-order valence-corrected chi connectivity index (χ4v) is 1.92. The maximum absolute atomic E-state index is 11.4. The van der Waals surface area contributed by atoms with Gasteiger partial charge in [0.25, 0.3) is 0 Å². The van der Waals surface area contributed by atoms with Crippen LogP contribution in [-0.4, -0.2) is 38.4 Å². The van der Waals surface area contributed by atoms with E-state index >= 15 is 0 Å². The summed E-state index contributed by atoms with van der Waals surface area (Å²) < 4.78 is 0. The summed E-state index contributed by atoms with van der Waals surface area (Å²) in [7, 11) is 0. The first-order valence-electron chi connectivity index (χ1n) is 5.64. The van der Waals surface area contributed by atoms with Gasteiger partial charge in [0, 0.05) is 12.7 Å². The van der Waals surface area contributed by atoms with E-state index in [1.54, 1.807) is 12.3 Å². The summed E-state index contributed by atoms with van der Waals surface area (Å²) in [5.41, 5.74) is 0.720. The lowest BCUT2D eigenvalue weighted by atomic mass is 10.3. The Morgan fingerprint density at radius 2 is 2.42 bits per heavy atom. The molecule has 0 bridgehead atoms. The van der Waals surface area contributed by atoms with Crippen LogP contribution in [0, 0.1) is 0 Å². The Kier molecular flexibility index (Phi) is 4.68. The molecule has 0 unspecified atom stereocenters. The van der Waals surface area contributed by atoms with Crippen molar-refractivity contribution in [1.29, 1.82) is 0 Å². The standard InChI is InChI=1S/C12H13N5OS/c1-2-6-14-10(18)8-19-12-15-11(16-17-12)9-5-3-4-7-13-9/h2-5,7H,1,6,8H2,(H,14,18)(H,15,16,17). The predicted molar refractivity (Wildman–Crippen MR) is 73.5 cm³/mol. The summed E-state index contributed by atoms with van der Waals surface area (Å²) >= 11 is 1.27. The number of nitrogens with zero attached hydrogens (tertiary/aromatic N) is 3. The number of carbonyl (C=O) groups excluding carboxylic acids is 1. The molecule has 98 valence electrons. The van der Waals surface area contributed by atoms with E-state index in [1.165, 1.54) is 11.8 Å². The minimum Gasteiger partial charge on any atom is -0.352 e. The Labute approximate surface area is 114 Å². The van der Waals surface area contributed by atoms with E-state index in [0.29, 0.717) is 17.5 Å². The zero-order valence-electron chi connectivity index (χ0n) is 10.2. The molecule has 0 fully saturated rings. The number of rotatable bonds is 6. The van der Waals surface area contributed by atoms with Crippen molar-refractivity contribution < 1.29 is 4.79 Å². The van der Waals surface area contributed by atoms with Crippen LogP contribution < -0.4 is 5.32 Å². The van der Waals surface area contributed by atoms with Crippen LogP contribution in [0.5, 0.6) is 0 Å². The third-order valence-electron chi connectivity index (χ3n) is 2.15. The van der Waals surface area contributed by atoms with Crippen molar-refractivity contribution in [1.82, 2.24) is 25.5 Å². The Morgan fingerprint density at radius 3 is 3.16 bits per heavy atom. The molecule has 2 aromatic rings. The first-order valence-corrected chi connectivity index (χ1v) is 6.62. The lowest BCUT2D eigenvalue weighted by Crippen LogP contribution is -2.24. The molecular weight excluding hydrogens is 262 g/mol. The van der Waals surface area contributed by atoms with E-state index < -0.39 is 0 Å². The molecule has 0 saturated carbocycles. The van der Waals surface area contributed by atoms with E-state index in [-0.39, 0.29) is 11.7 Å². The minimum absolute atomic E-state index is 0.0749. The van der Waals surface area contributed by atoms with Crippen LogP contribution in [-0.2, 0) is 4.79 Å². The van der Waals surface area contributed by atoms with Gasteiger partial charge in [-0.3, -0.25) is 14.9 Å². The average Bonchev–Trinajstić information content (AvgIpc) is 2.93. The van der Waals surface area contributed by atoms with Crippen LogP contribution in [0.4, 0.5) is 0 Å². The summed E-state index contributed by atoms with van der Waals surface area (Å²) in [5, 5.41) is 10.0. The molecule has 0 spiro atoms. The maximum Gasteiger partial charge on any atom is 0.230 e. The maximum atomic E-state index is 11.4. The number of pyridine rings is 1. The molecule has 2 aromatic heterocycles. The topological polar surface area (TPSA) is 83.6 Å². The highest BCUT2D eigenvalue weighted by atomic mass is 32.2.